The Morgan fingerprint density at radius 1 is 1.28 bits per heavy atom. The van der Waals surface area contributed by atoms with E-state index in [0.717, 1.165) is 31.5 Å². The second-order valence-electron chi connectivity index (χ2n) is 7.70. The third-order valence-electron chi connectivity index (χ3n) is 5.80. The fraction of sp³-hybridized carbons (Fsp3) is 0.476. The Bertz CT molecular complexity index is 858. The maximum atomic E-state index is 12.8. The Kier molecular flexibility index (Phi) is 5.53. The fourth-order valence-electron chi connectivity index (χ4n) is 4.24. The number of nitrogens with one attached hydrogen (secondary N) is 3. The van der Waals surface area contributed by atoms with Gasteiger partial charge in [-0.1, -0.05) is 18.2 Å². The zero-order chi connectivity index (χ0) is 20.3. The third-order valence-corrected chi connectivity index (χ3v) is 5.80. The van der Waals surface area contributed by atoms with Crippen molar-refractivity contribution in [2.75, 3.05) is 26.2 Å². The predicted octanol–water partition coefficient (Wildman–Crippen LogP) is 0.957. The number of nitrogens with zero attached hydrogens (tertiary/aromatic N) is 2. The molecule has 0 bridgehead atoms. The number of ether oxygens (including phenoxy) is 1. The van der Waals surface area contributed by atoms with Gasteiger partial charge in [-0.2, -0.15) is 0 Å². The van der Waals surface area contributed by atoms with Crippen molar-refractivity contribution in [1.82, 2.24) is 25.5 Å². The number of hydrogen-bond acceptors (Lipinski definition) is 5. The van der Waals surface area contributed by atoms with Gasteiger partial charge in [-0.3, -0.25) is 9.59 Å². The van der Waals surface area contributed by atoms with Crippen LogP contribution < -0.4 is 15.4 Å². The highest BCUT2D eigenvalue weighted by Crippen LogP contribution is 2.35. The molecule has 1 fully saturated rings. The van der Waals surface area contributed by atoms with Gasteiger partial charge in [0.05, 0.1) is 17.6 Å². The Labute approximate surface area is 170 Å². The molecule has 1 atom stereocenters. The number of aromatic nitrogens is 2. The number of hydrogen-bond donors (Lipinski definition) is 3. The number of aromatic amines is 1. The van der Waals surface area contributed by atoms with E-state index in [-0.39, 0.29) is 24.0 Å². The first kappa shape index (κ1) is 19.4. The van der Waals surface area contributed by atoms with E-state index in [9.17, 15) is 9.59 Å². The normalized spacial score (nSPS) is 18.7. The number of H-pyrrole nitrogens is 1. The highest BCUT2D eigenvalue weighted by molar-refractivity contribution is 5.88. The average molecular weight is 397 g/mol. The number of fused-ring (bicyclic) bond motifs is 2. The molecule has 0 saturated carbocycles. The van der Waals surface area contributed by atoms with Crippen molar-refractivity contribution < 1.29 is 14.3 Å². The molecule has 2 aliphatic heterocycles. The van der Waals surface area contributed by atoms with Gasteiger partial charge in [0.1, 0.15) is 11.8 Å². The number of para-hydroxylation sites is 1. The van der Waals surface area contributed by atoms with Gasteiger partial charge in [-0.25, -0.2) is 4.98 Å². The molecule has 0 radical (unpaired) electrons. The molecule has 3 heterocycles. The summed E-state index contributed by atoms with van der Waals surface area (Å²) in [6, 6.07) is 8.55. The minimum Gasteiger partial charge on any atom is -0.484 e. The lowest BCUT2D eigenvalue weighted by Crippen LogP contribution is -2.57. The minimum atomic E-state index is -0.587. The van der Waals surface area contributed by atoms with Crippen LogP contribution in [0.3, 0.4) is 0 Å². The average Bonchev–Trinajstić information content (AvgIpc) is 3.24. The van der Waals surface area contributed by atoms with Crippen molar-refractivity contribution in [1.29, 1.82) is 0 Å². The van der Waals surface area contributed by atoms with Crippen molar-refractivity contribution in [2.45, 2.75) is 37.8 Å². The first-order valence-electron chi connectivity index (χ1n) is 10.1. The molecule has 0 aliphatic carbocycles. The molecule has 1 aromatic heterocycles. The zero-order valence-electron chi connectivity index (χ0n) is 16.6. The van der Waals surface area contributed by atoms with Crippen molar-refractivity contribution in [3.05, 3.63) is 48.0 Å². The van der Waals surface area contributed by atoms with Crippen LogP contribution >= 0.6 is 0 Å². The van der Waals surface area contributed by atoms with Crippen molar-refractivity contribution in [3.63, 3.8) is 0 Å². The van der Waals surface area contributed by atoms with Gasteiger partial charge in [0.25, 0.3) is 5.91 Å². The summed E-state index contributed by atoms with van der Waals surface area (Å²) >= 11 is 0. The van der Waals surface area contributed by atoms with Gasteiger partial charge in [-0.15, -0.1) is 0 Å². The van der Waals surface area contributed by atoms with Crippen molar-refractivity contribution >= 4 is 11.8 Å². The molecule has 1 saturated heterocycles. The second-order valence-corrected chi connectivity index (χ2v) is 7.70. The second kappa shape index (κ2) is 8.24. The molecular formula is C21H27N5O3. The van der Waals surface area contributed by atoms with E-state index in [4.69, 9.17) is 4.74 Å². The summed E-state index contributed by atoms with van der Waals surface area (Å²) in [5.41, 5.74) is 2.14. The maximum Gasteiger partial charge on any atom is 0.258 e. The van der Waals surface area contributed by atoms with Crippen LogP contribution in [0.15, 0.2) is 36.7 Å². The summed E-state index contributed by atoms with van der Waals surface area (Å²) < 4.78 is 5.44. The number of benzene rings is 1. The van der Waals surface area contributed by atoms with Crippen LogP contribution in [0.25, 0.3) is 0 Å². The molecular weight excluding hydrogens is 370 g/mol. The number of amides is 2. The van der Waals surface area contributed by atoms with E-state index in [2.05, 4.69) is 20.6 Å². The molecule has 29 heavy (non-hydrogen) atoms. The van der Waals surface area contributed by atoms with Crippen LogP contribution in [0.4, 0.5) is 0 Å². The highest BCUT2D eigenvalue weighted by Gasteiger charge is 2.42. The molecule has 8 nitrogen and oxygen atoms in total. The summed E-state index contributed by atoms with van der Waals surface area (Å²) in [6.07, 6.45) is 4.34. The molecule has 0 unspecified atom stereocenters. The lowest BCUT2D eigenvalue weighted by atomic mass is 9.80. The van der Waals surface area contributed by atoms with Gasteiger partial charge in [0, 0.05) is 31.7 Å². The van der Waals surface area contributed by atoms with Crippen LogP contribution in [0.1, 0.15) is 31.2 Å². The number of rotatable bonds is 5. The Morgan fingerprint density at radius 2 is 2.03 bits per heavy atom. The molecule has 8 heteroatoms. The largest absolute Gasteiger partial charge is 0.484 e. The van der Waals surface area contributed by atoms with E-state index in [0.29, 0.717) is 18.8 Å². The van der Waals surface area contributed by atoms with Crippen molar-refractivity contribution in [3.8, 4) is 5.75 Å². The summed E-state index contributed by atoms with van der Waals surface area (Å²) in [5, 5.41) is 6.36. The van der Waals surface area contributed by atoms with Crippen LogP contribution in [0, 0.1) is 0 Å². The number of carbonyl (C=O) groups excluding carboxylic acids is 2. The molecule has 2 amide bonds. The van der Waals surface area contributed by atoms with Crippen LogP contribution in [-0.2, 0) is 21.5 Å². The minimum absolute atomic E-state index is 0.0639. The van der Waals surface area contributed by atoms with Gasteiger partial charge in [0.15, 0.2) is 6.61 Å². The first-order chi connectivity index (χ1) is 14.1. The Hall–Kier alpha value is -2.87. The van der Waals surface area contributed by atoms with Crippen LogP contribution in [0.5, 0.6) is 5.75 Å². The number of likely N-dealkylation sites (tertiary alicyclic amines) is 1. The number of carbonyl (C=O) groups is 2. The predicted molar refractivity (Wildman–Crippen MR) is 107 cm³/mol. The van der Waals surface area contributed by atoms with Gasteiger partial charge < -0.3 is 25.3 Å². The molecule has 4 rings (SSSR count). The first-order valence-corrected chi connectivity index (χ1v) is 10.1. The molecule has 3 N–H and O–H groups in total. The fourth-order valence-corrected chi connectivity index (χ4v) is 4.24. The van der Waals surface area contributed by atoms with Gasteiger partial charge in [-0.05, 0) is 31.9 Å². The van der Waals surface area contributed by atoms with Gasteiger partial charge >= 0.3 is 0 Å². The van der Waals surface area contributed by atoms with E-state index >= 15 is 0 Å². The van der Waals surface area contributed by atoms with E-state index in [1.807, 2.05) is 23.1 Å². The summed E-state index contributed by atoms with van der Waals surface area (Å²) in [6.45, 7) is 3.79. The lowest BCUT2D eigenvalue weighted by Gasteiger charge is -2.44. The molecule has 2 aliphatic rings. The topological polar surface area (TPSA) is 99.4 Å². The van der Waals surface area contributed by atoms with Crippen molar-refractivity contribution in [2.24, 2.45) is 0 Å². The summed E-state index contributed by atoms with van der Waals surface area (Å²) in [5.74, 6) is 0.255. The molecule has 1 aromatic carbocycles. The van der Waals surface area contributed by atoms with Crippen LogP contribution in [0.2, 0.25) is 0 Å². The Balaban J connectivity index is 1.28. The summed E-state index contributed by atoms with van der Waals surface area (Å²) in [7, 11) is 0. The standard InChI is InChI=1S/C21H27N5O3/c1-15(25-18(27)13-29-16-5-3-2-4-6-16)20(28)26-11-8-21(9-12-26)19-17(7-10-24-21)22-14-23-19/h2-6,14-15,24H,7-13H2,1H3,(H,22,23)(H,25,27)/t15-/m0/s1. The van der Waals surface area contributed by atoms with E-state index < -0.39 is 6.04 Å². The lowest BCUT2D eigenvalue weighted by molar-refractivity contribution is -0.138. The molecule has 154 valence electrons. The highest BCUT2D eigenvalue weighted by atomic mass is 16.5. The SMILES string of the molecule is C[C@H](NC(=O)COc1ccccc1)C(=O)N1CCC2(CC1)NCCc1[nH]cnc12. The quantitative estimate of drug-likeness (QED) is 0.698. The molecule has 2 aromatic rings. The van der Waals surface area contributed by atoms with Gasteiger partial charge in [0.2, 0.25) is 5.91 Å². The van der Waals surface area contributed by atoms with E-state index in [1.165, 1.54) is 5.69 Å². The summed E-state index contributed by atoms with van der Waals surface area (Å²) in [4.78, 5) is 34.5. The Morgan fingerprint density at radius 3 is 2.79 bits per heavy atom. The smallest absolute Gasteiger partial charge is 0.258 e. The van der Waals surface area contributed by atoms with E-state index in [1.54, 1.807) is 25.4 Å². The monoisotopic (exact) mass is 397 g/mol. The third kappa shape index (κ3) is 4.12. The zero-order valence-corrected chi connectivity index (χ0v) is 16.6. The number of piperidine rings is 1. The number of imidazole rings is 1. The maximum absolute atomic E-state index is 12.8. The van der Waals surface area contributed by atoms with Crippen LogP contribution in [-0.4, -0.2) is 59.0 Å². The molecule has 1 spiro atoms.